The minimum Gasteiger partial charge on any atom is -0.496 e. The normalized spacial score (nSPS) is 20.4. The lowest BCUT2D eigenvalue weighted by Gasteiger charge is -2.36. The van der Waals surface area contributed by atoms with Gasteiger partial charge in [0.2, 0.25) is 0 Å². The SMILES string of the molecule is COc1ccccc1C(N)C(C)N1CCNCC1. The summed E-state index contributed by atoms with van der Waals surface area (Å²) in [4.78, 5) is 2.44. The second-order valence-electron chi connectivity index (χ2n) is 4.79. The average molecular weight is 249 g/mol. The van der Waals surface area contributed by atoms with Crippen LogP contribution in [0.25, 0.3) is 0 Å². The molecule has 0 spiro atoms. The molecule has 3 N–H and O–H groups in total. The molecule has 2 atom stereocenters. The summed E-state index contributed by atoms with van der Waals surface area (Å²) in [7, 11) is 1.70. The summed E-state index contributed by atoms with van der Waals surface area (Å²) in [6.45, 7) is 6.41. The van der Waals surface area contributed by atoms with Crippen molar-refractivity contribution in [1.29, 1.82) is 0 Å². The van der Waals surface area contributed by atoms with Crippen molar-refractivity contribution in [3.8, 4) is 5.75 Å². The maximum absolute atomic E-state index is 6.40. The van der Waals surface area contributed by atoms with E-state index in [4.69, 9.17) is 10.5 Å². The van der Waals surface area contributed by atoms with E-state index in [9.17, 15) is 0 Å². The summed E-state index contributed by atoms with van der Waals surface area (Å²) in [6, 6.07) is 8.33. The fraction of sp³-hybridized carbons (Fsp3) is 0.571. The molecule has 1 aromatic carbocycles. The van der Waals surface area contributed by atoms with Crippen molar-refractivity contribution >= 4 is 0 Å². The summed E-state index contributed by atoms with van der Waals surface area (Å²) in [5.41, 5.74) is 7.49. The highest BCUT2D eigenvalue weighted by atomic mass is 16.5. The van der Waals surface area contributed by atoms with Gasteiger partial charge >= 0.3 is 0 Å². The van der Waals surface area contributed by atoms with Crippen molar-refractivity contribution < 1.29 is 4.74 Å². The molecule has 2 unspecified atom stereocenters. The third-order valence-corrected chi connectivity index (χ3v) is 3.75. The Morgan fingerprint density at radius 2 is 1.94 bits per heavy atom. The van der Waals surface area contributed by atoms with Crippen LogP contribution >= 0.6 is 0 Å². The molecular weight excluding hydrogens is 226 g/mol. The Morgan fingerprint density at radius 3 is 2.61 bits per heavy atom. The lowest BCUT2D eigenvalue weighted by atomic mass is 9.98. The second kappa shape index (κ2) is 6.18. The highest BCUT2D eigenvalue weighted by Gasteiger charge is 2.24. The summed E-state index contributed by atoms with van der Waals surface area (Å²) in [6.07, 6.45) is 0. The van der Waals surface area contributed by atoms with Crippen LogP contribution < -0.4 is 15.8 Å². The maximum Gasteiger partial charge on any atom is 0.123 e. The minimum absolute atomic E-state index is 0.0146. The molecule has 0 bridgehead atoms. The van der Waals surface area contributed by atoms with E-state index in [-0.39, 0.29) is 6.04 Å². The molecule has 1 aromatic rings. The van der Waals surface area contributed by atoms with E-state index in [0.29, 0.717) is 6.04 Å². The van der Waals surface area contributed by atoms with Crippen molar-refractivity contribution in [2.75, 3.05) is 33.3 Å². The minimum atomic E-state index is -0.0146. The summed E-state index contributed by atoms with van der Waals surface area (Å²) in [5, 5.41) is 3.36. The zero-order valence-electron chi connectivity index (χ0n) is 11.2. The first-order valence-electron chi connectivity index (χ1n) is 6.57. The van der Waals surface area contributed by atoms with Crippen LogP contribution in [0.5, 0.6) is 5.75 Å². The third kappa shape index (κ3) is 2.83. The van der Waals surface area contributed by atoms with E-state index in [1.807, 2.05) is 18.2 Å². The Labute approximate surface area is 109 Å². The Bertz CT molecular complexity index is 377. The Morgan fingerprint density at radius 1 is 1.28 bits per heavy atom. The van der Waals surface area contributed by atoms with Gasteiger partial charge in [0.15, 0.2) is 0 Å². The number of hydrogen-bond donors (Lipinski definition) is 2. The molecule has 0 aliphatic carbocycles. The van der Waals surface area contributed by atoms with Crippen LogP contribution in [-0.2, 0) is 0 Å². The van der Waals surface area contributed by atoms with Crippen molar-refractivity contribution in [2.45, 2.75) is 19.0 Å². The van der Waals surface area contributed by atoms with Gasteiger partial charge in [-0.25, -0.2) is 0 Å². The molecule has 2 rings (SSSR count). The van der Waals surface area contributed by atoms with Gasteiger partial charge in [0.1, 0.15) is 5.75 Å². The number of para-hydroxylation sites is 1. The van der Waals surface area contributed by atoms with Gasteiger partial charge in [-0.05, 0) is 13.0 Å². The van der Waals surface area contributed by atoms with E-state index in [0.717, 1.165) is 37.5 Å². The van der Waals surface area contributed by atoms with Crippen LogP contribution in [-0.4, -0.2) is 44.2 Å². The van der Waals surface area contributed by atoms with Crippen molar-refractivity contribution in [3.05, 3.63) is 29.8 Å². The molecule has 1 heterocycles. The van der Waals surface area contributed by atoms with Gasteiger partial charge < -0.3 is 15.8 Å². The van der Waals surface area contributed by atoms with Crippen LogP contribution in [0.1, 0.15) is 18.5 Å². The number of methoxy groups -OCH3 is 1. The number of hydrogen-bond acceptors (Lipinski definition) is 4. The molecule has 1 aliphatic heterocycles. The van der Waals surface area contributed by atoms with Crippen LogP contribution in [0.4, 0.5) is 0 Å². The van der Waals surface area contributed by atoms with E-state index in [1.54, 1.807) is 7.11 Å². The molecule has 18 heavy (non-hydrogen) atoms. The topological polar surface area (TPSA) is 50.5 Å². The fourth-order valence-electron chi connectivity index (χ4n) is 2.52. The number of nitrogens with two attached hydrogens (primary N) is 1. The molecule has 0 aromatic heterocycles. The van der Waals surface area contributed by atoms with E-state index >= 15 is 0 Å². The Balaban J connectivity index is 2.11. The molecule has 0 amide bonds. The molecule has 1 aliphatic rings. The van der Waals surface area contributed by atoms with E-state index in [1.165, 1.54) is 0 Å². The number of benzene rings is 1. The predicted octanol–water partition coefficient (Wildman–Crippen LogP) is 0.989. The van der Waals surface area contributed by atoms with E-state index in [2.05, 4.69) is 23.2 Å². The van der Waals surface area contributed by atoms with Gasteiger partial charge in [-0.15, -0.1) is 0 Å². The van der Waals surface area contributed by atoms with Gasteiger partial charge in [-0.1, -0.05) is 18.2 Å². The highest BCUT2D eigenvalue weighted by molar-refractivity contribution is 5.36. The van der Waals surface area contributed by atoms with Gasteiger partial charge in [0.05, 0.1) is 7.11 Å². The zero-order chi connectivity index (χ0) is 13.0. The van der Waals surface area contributed by atoms with Gasteiger partial charge in [-0.3, -0.25) is 4.90 Å². The molecule has 0 radical (unpaired) electrons. The predicted molar refractivity (Wildman–Crippen MR) is 73.8 cm³/mol. The highest BCUT2D eigenvalue weighted by Crippen LogP contribution is 2.27. The summed E-state index contributed by atoms with van der Waals surface area (Å²) < 4.78 is 5.39. The molecule has 4 nitrogen and oxygen atoms in total. The fourth-order valence-corrected chi connectivity index (χ4v) is 2.52. The van der Waals surface area contributed by atoms with Crippen LogP contribution in [0.15, 0.2) is 24.3 Å². The summed E-state index contributed by atoms with van der Waals surface area (Å²) >= 11 is 0. The molecule has 4 heteroatoms. The smallest absolute Gasteiger partial charge is 0.123 e. The molecule has 100 valence electrons. The lowest BCUT2D eigenvalue weighted by Crippen LogP contribution is -2.50. The zero-order valence-corrected chi connectivity index (χ0v) is 11.2. The number of nitrogens with one attached hydrogen (secondary N) is 1. The molecular formula is C14H23N3O. The number of rotatable bonds is 4. The van der Waals surface area contributed by atoms with Crippen molar-refractivity contribution in [1.82, 2.24) is 10.2 Å². The monoisotopic (exact) mass is 249 g/mol. The number of nitrogens with zero attached hydrogens (tertiary/aromatic N) is 1. The first-order valence-corrected chi connectivity index (χ1v) is 6.57. The lowest BCUT2D eigenvalue weighted by molar-refractivity contribution is 0.162. The first-order chi connectivity index (χ1) is 8.74. The molecule has 0 saturated carbocycles. The average Bonchev–Trinajstić information content (AvgIpc) is 2.46. The van der Waals surface area contributed by atoms with Crippen LogP contribution in [0, 0.1) is 0 Å². The van der Waals surface area contributed by atoms with Crippen LogP contribution in [0.2, 0.25) is 0 Å². The first kappa shape index (κ1) is 13.3. The van der Waals surface area contributed by atoms with Crippen molar-refractivity contribution in [2.24, 2.45) is 5.73 Å². The van der Waals surface area contributed by atoms with Gasteiger partial charge in [0.25, 0.3) is 0 Å². The quantitative estimate of drug-likeness (QED) is 0.835. The third-order valence-electron chi connectivity index (χ3n) is 3.75. The standard InChI is InChI=1S/C14H23N3O/c1-11(17-9-7-16-8-10-17)14(15)12-5-3-4-6-13(12)18-2/h3-6,11,14,16H,7-10,15H2,1-2H3. The largest absolute Gasteiger partial charge is 0.496 e. The summed E-state index contributed by atoms with van der Waals surface area (Å²) in [5.74, 6) is 0.881. The van der Waals surface area contributed by atoms with Gasteiger partial charge in [-0.2, -0.15) is 0 Å². The second-order valence-corrected chi connectivity index (χ2v) is 4.79. The number of piperazine rings is 1. The Kier molecular flexibility index (Phi) is 4.58. The maximum atomic E-state index is 6.40. The van der Waals surface area contributed by atoms with E-state index < -0.39 is 0 Å². The number of ether oxygens (including phenoxy) is 1. The molecule has 1 saturated heterocycles. The van der Waals surface area contributed by atoms with Crippen molar-refractivity contribution in [3.63, 3.8) is 0 Å². The van der Waals surface area contributed by atoms with Crippen LogP contribution in [0.3, 0.4) is 0 Å². The Hall–Kier alpha value is -1.10. The van der Waals surface area contributed by atoms with Gasteiger partial charge in [0, 0.05) is 43.8 Å². The molecule has 1 fully saturated rings.